The second-order valence-corrected chi connectivity index (χ2v) is 7.65. The lowest BCUT2D eigenvalue weighted by Gasteiger charge is -2.36. The van der Waals surface area contributed by atoms with E-state index in [1.165, 1.54) is 16.0 Å². The largest absolute Gasteiger partial charge is 0.494 e. The molecule has 3 aromatic rings. The van der Waals surface area contributed by atoms with Gasteiger partial charge in [-0.25, -0.2) is 4.98 Å². The maximum Gasteiger partial charge on any atom is 0.186 e. The van der Waals surface area contributed by atoms with E-state index in [2.05, 4.69) is 34.9 Å². The molecule has 1 aliphatic rings. The summed E-state index contributed by atoms with van der Waals surface area (Å²) in [6.45, 7) is 5.97. The molecule has 4 rings (SSSR count). The Balaban J connectivity index is 1.53. The summed E-state index contributed by atoms with van der Waals surface area (Å²) in [5.41, 5.74) is 3.46. The smallest absolute Gasteiger partial charge is 0.186 e. The minimum absolute atomic E-state index is 0.793. The van der Waals surface area contributed by atoms with E-state index in [4.69, 9.17) is 21.3 Å². The Labute approximate surface area is 156 Å². The van der Waals surface area contributed by atoms with Crippen LogP contribution in [-0.4, -0.2) is 38.3 Å². The summed E-state index contributed by atoms with van der Waals surface area (Å²) in [5.74, 6) is 0.841. The van der Waals surface area contributed by atoms with Crippen LogP contribution in [0.4, 0.5) is 10.8 Å². The molecule has 6 heteroatoms. The van der Waals surface area contributed by atoms with Crippen molar-refractivity contribution >= 4 is 44.0 Å². The van der Waals surface area contributed by atoms with Crippen molar-refractivity contribution in [2.24, 2.45) is 0 Å². The van der Waals surface area contributed by atoms with Crippen molar-refractivity contribution in [2.45, 2.75) is 6.92 Å². The van der Waals surface area contributed by atoms with Crippen molar-refractivity contribution < 1.29 is 4.74 Å². The van der Waals surface area contributed by atoms with E-state index in [0.29, 0.717) is 0 Å². The Hall–Kier alpha value is -1.98. The van der Waals surface area contributed by atoms with Gasteiger partial charge in [0.1, 0.15) is 11.3 Å². The second-order valence-electron chi connectivity index (χ2n) is 6.21. The summed E-state index contributed by atoms with van der Waals surface area (Å²) < 4.78 is 6.60. The first-order valence-corrected chi connectivity index (χ1v) is 9.55. The van der Waals surface area contributed by atoms with Crippen LogP contribution < -0.4 is 14.5 Å². The minimum atomic E-state index is 0.793. The third-order valence-electron chi connectivity index (χ3n) is 4.65. The summed E-state index contributed by atoms with van der Waals surface area (Å²) in [7, 11) is 1.69. The lowest BCUT2D eigenvalue weighted by Crippen LogP contribution is -2.46. The highest BCUT2D eigenvalue weighted by molar-refractivity contribution is 7.22. The number of methoxy groups -OCH3 is 1. The predicted octanol–water partition coefficient (Wildman–Crippen LogP) is 4.59. The van der Waals surface area contributed by atoms with Gasteiger partial charge >= 0.3 is 0 Å². The molecule has 4 nitrogen and oxygen atoms in total. The fourth-order valence-electron chi connectivity index (χ4n) is 3.27. The molecule has 0 bridgehead atoms. The van der Waals surface area contributed by atoms with Gasteiger partial charge in [0.15, 0.2) is 5.13 Å². The van der Waals surface area contributed by atoms with Crippen LogP contribution in [0.15, 0.2) is 36.4 Å². The summed E-state index contributed by atoms with van der Waals surface area (Å²) >= 11 is 7.91. The van der Waals surface area contributed by atoms with Crippen LogP contribution in [0.25, 0.3) is 10.2 Å². The molecule has 1 aliphatic heterocycles. The topological polar surface area (TPSA) is 28.6 Å². The van der Waals surface area contributed by atoms with Gasteiger partial charge in [-0.15, -0.1) is 0 Å². The van der Waals surface area contributed by atoms with Crippen LogP contribution in [0.2, 0.25) is 5.02 Å². The zero-order valence-corrected chi connectivity index (χ0v) is 15.9. The first-order chi connectivity index (χ1) is 12.2. The quantitative estimate of drug-likeness (QED) is 0.671. The average Bonchev–Trinajstić information content (AvgIpc) is 3.08. The molecule has 1 saturated heterocycles. The molecule has 0 spiro atoms. The molecule has 2 heterocycles. The number of fused-ring (bicyclic) bond motifs is 1. The van der Waals surface area contributed by atoms with Gasteiger partial charge in [0.25, 0.3) is 0 Å². The number of aryl methyl sites for hydroxylation is 1. The van der Waals surface area contributed by atoms with Crippen molar-refractivity contribution in [1.82, 2.24) is 4.98 Å². The Morgan fingerprint density at radius 1 is 1.08 bits per heavy atom. The van der Waals surface area contributed by atoms with Crippen molar-refractivity contribution in [1.29, 1.82) is 0 Å². The highest BCUT2D eigenvalue weighted by Gasteiger charge is 2.21. The molecular formula is C19H20ClN3OS. The summed E-state index contributed by atoms with van der Waals surface area (Å²) in [6, 6.07) is 12.2. The Morgan fingerprint density at radius 3 is 2.60 bits per heavy atom. The maximum atomic E-state index is 6.18. The number of rotatable bonds is 3. The molecule has 0 aliphatic carbocycles. The average molecular weight is 374 g/mol. The molecule has 0 amide bonds. The lowest BCUT2D eigenvalue weighted by molar-refractivity contribution is 0.419. The summed E-state index contributed by atoms with van der Waals surface area (Å²) in [5, 5.41) is 1.86. The Morgan fingerprint density at radius 2 is 1.84 bits per heavy atom. The maximum absolute atomic E-state index is 6.18. The van der Waals surface area contributed by atoms with Gasteiger partial charge in [-0.1, -0.05) is 35.1 Å². The molecular weight excluding hydrogens is 354 g/mol. The van der Waals surface area contributed by atoms with Gasteiger partial charge in [0, 0.05) is 36.9 Å². The van der Waals surface area contributed by atoms with Crippen LogP contribution in [0.5, 0.6) is 5.75 Å². The molecule has 0 atom stereocenters. The van der Waals surface area contributed by atoms with Crippen molar-refractivity contribution in [3.8, 4) is 5.75 Å². The lowest BCUT2D eigenvalue weighted by atomic mass is 10.1. The van der Waals surface area contributed by atoms with Crippen LogP contribution in [0.3, 0.4) is 0 Å². The zero-order chi connectivity index (χ0) is 17.4. The van der Waals surface area contributed by atoms with Crippen molar-refractivity contribution in [2.75, 3.05) is 43.1 Å². The molecule has 130 valence electrons. The van der Waals surface area contributed by atoms with E-state index in [-0.39, 0.29) is 0 Å². The monoisotopic (exact) mass is 373 g/mol. The van der Waals surface area contributed by atoms with E-state index >= 15 is 0 Å². The number of piperazine rings is 1. The normalized spacial score (nSPS) is 15.0. The van der Waals surface area contributed by atoms with Crippen LogP contribution in [0.1, 0.15) is 5.56 Å². The third kappa shape index (κ3) is 3.14. The van der Waals surface area contributed by atoms with Gasteiger partial charge < -0.3 is 14.5 Å². The standard InChI is InChI=1S/C19H20ClN3OS/c1-13-6-7-14(20)12-15(13)22-8-10-23(11-9-22)19-21-18-16(24-2)4-3-5-17(18)25-19/h3-7,12H,8-11H2,1-2H3. The fourth-order valence-corrected chi connectivity index (χ4v) is 4.47. The molecule has 0 N–H and O–H groups in total. The number of halogens is 1. The van der Waals surface area contributed by atoms with Gasteiger partial charge in [-0.2, -0.15) is 0 Å². The number of ether oxygens (including phenoxy) is 1. The first kappa shape index (κ1) is 16.5. The van der Waals surface area contributed by atoms with Crippen LogP contribution in [0, 0.1) is 6.92 Å². The SMILES string of the molecule is COc1cccc2sc(N3CCN(c4cc(Cl)ccc4C)CC3)nc12. The number of para-hydroxylation sites is 1. The van der Waals surface area contributed by atoms with Gasteiger partial charge in [-0.3, -0.25) is 0 Å². The van der Waals surface area contributed by atoms with Crippen molar-refractivity contribution in [3.05, 3.63) is 47.0 Å². The molecule has 0 saturated carbocycles. The summed E-state index contributed by atoms with van der Waals surface area (Å²) in [6.07, 6.45) is 0. The highest BCUT2D eigenvalue weighted by atomic mass is 35.5. The van der Waals surface area contributed by atoms with Gasteiger partial charge in [-0.05, 0) is 36.8 Å². The molecule has 25 heavy (non-hydrogen) atoms. The Kier molecular flexibility index (Phi) is 4.44. The number of aromatic nitrogens is 1. The molecule has 2 aromatic carbocycles. The summed E-state index contributed by atoms with van der Waals surface area (Å²) in [4.78, 5) is 9.59. The number of thiazole rings is 1. The third-order valence-corrected chi connectivity index (χ3v) is 5.97. The Bertz CT molecular complexity index is 903. The number of nitrogens with zero attached hydrogens (tertiary/aromatic N) is 3. The molecule has 1 aromatic heterocycles. The van der Waals surface area contributed by atoms with E-state index in [9.17, 15) is 0 Å². The molecule has 0 unspecified atom stereocenters. The van der Waals surface area contributed by atoms with Crippen LogP contribution >= 0.6 is 22.9 Å². The first-order valence-electron chi connectivity index (χ1n) is 8.35. The number of anilines is 2. The number of hydrogen-bond acceptors (Lipinski definition) is 5. The number of benzene rings is 2. The van der Waals surface area contributed by atoms with Gasteiger partial charge in [0.05, 0.1) is 11.8 Å². The highest BCUT2D eigenvalue weighted by Crippen LogP contribution is 2.35. The van der Waals surface area contributed by atoms with E-state index in [1.54, 1.807) is 18.4 Å². The van der Waals surface area contributed by atoms with Crippen LogP contribution in [-0.2, 0) is 0 Å². The zero-order valence-electron chi connectivity index (χ0n) is 14.3. The van der Waals surface area contributed by atoms with Gasteiger partial charge in [0.2, 0.25) is 0 Å². The van der Waals surface area contributed by atoms with Crippen molar-refractivity contribution in [3.63, 3.8) is 0 Å². The predicted molar refractivity (Wildman–Crippen MR) is 107 cm³/mol. The van der Waals surface area contributed by atoms with E-state index < -0.39 is 0 Å². The van der Waals surface area contributed by atoms with E-state index in [1.807, 2.05) is 18.2 Å². The number of hydrogen-bond donors (Lipinski definition) is 0. The minimum Gasteiger partial charge on any atom is -0.494 e. The fraction of sp³-hybridized carbons (Fsp3) is 0.316. The molecule has 0 radical (unpaired) electrons. The molecule has 1 fully saturated rings. The second kappa shape index (κ2) is 6.73. The van der Waals surface area contributed by atoms with E-state index in [0.717, 1.165) is 47.6 Å².